The molecule has 5 heteroatoms. The lowest BCUT2D eigenvalue weighted by Crippen LogP contribution is -2.40. The average Bonchev–Trinajstić information content (AvgIpc) is 3.59. The fourth-order valence-electron chi connectivity index (χ4n) is 6.13. The summed E-state index contributed by atoms with van der Waals surface area (Å²) in [7, 11) is 0. The average molecular weight is 428 g/mol. The first-order valence-electron chi connectivity index (χ1n) is 11.5. The number of allylic oxidation sites excluding steroid dienone is 2. The molecule has 162 valence electrons. The van der Waals surface area contributed by atoms with Gasteiger partial charge in [-0.1, -0.05) is 54.6 Å². The monoisotopic (exact) mass is 427 g/mol. The van der Waals surface area contributed by atoms with Crippen molar-refractivity contribution in [2.24, 2.45) is 35.5 Å². The van der Waals surface area contributed by atoms with Crippen LogP contribution in [0, 0.1) is 35.5 Å². The standard InChI is InChI=1S/C27H25NO4/c29-23(32-18-8-6-17(7-9-18)14-16-4-2-1-3-5-16)12-13-28-26(30)24-19-10-11-20(22-15-21(19)22)25(24)27(28)31/h1-11,19-22,24-25H,12-15H2. The summed E-state index contributed by atoms with van der Waals surface area (Å²) in [5.41, 5.74) is 2.35. The molecule has 2 amide bonds. The van der Waals surface area contributed by atoms with Gasteiger partial charge < -0.3 is 4.74 Å². The first-order valence-corrected chi connectivity index (χ1v) is 11.5. The number of benzene rings is 2. The number of imide groups is 1. The van der Waals surface area contributed by atoms with Gasteiger partial charge in [0.05, 0.1) is 18.3 Å². The Morgan fingerprint density at radius 1 is 0.844 bits per heavy atom. The number of ether oxygens (including phenoxy) is 1. The Morgan fingerprint density at radius 3 is 2.06 bits per heavy atom. The maximum absolute atomic E-state index is 13.0. The molecule has 1 aliphatic heterocycles. The van der Waals surface area contributed by atoms with Crippen LogP contribution in [0.3, 0.4) is 0 Å². The summed E-state index contributed by atoms with van der Waals surface area (Å²) in [6.07, 6.45) is 6.29. The molecule has 2 aromatic rings. The van der Waals surface area contributed by atoms with E-state index >= 15 is 0 Å². The van der Waals surface area contributed by atoms with Gasteiger partial charge in [0.2, 0.25) is 11.8 Å². The lowest BCUT2D eigenvalue weighted by atomic mass is 9.63. The SMILES string of the molecule is O=C(CCN1C(=O)C2C3C=CC(C4CC34)C2C1=O)Oc1ccc(Cc2ccccc2)cc1. The number of carbonyl (C=O) groups is 3. The van der Waals surface area contributed by atoms with Gasteiger partial charge in [0.15, 0.2) is 0 Å². The van der Waals surface area contributed by atoms with Gasteiger partial charge in [0, 0.05) is 6.54 Å². The molecule has 7 rings (SSSR count). The Morgan fingerprint density at radius 2 is 1.44 bits per heavy atom. The maximum atomic E-state index is 13.0. The molecule has 5 nitrogen and oxygen atoms in total. The zero-order valence-electron chi connectivity index (χ0n) is 17.7. The number of amides is 2. The van der Waals surface area contributed by atoms with Crippen molar-refractivity contribution < 1.29 is 19.1 Å². The van der Waals surface area contributed by atoms with E-state index in [2.05, 4.69) is 24.3 Å². The molecular weight excluding hydrogens is 402 g/mol. The highest BCUT2D eigenvalue weighted by molar-refractivity contribution is 6.06. The first kappa shape index (κ1) is 19.5. The van der Waals surface area contributed by atoms with Crippen LogP contribution in [0.15, 0.2) is 66.7 Å². The minimum absolute atomic E-state index is 0.0122. The van der Waals surface area contributed by atoms with Crippen LogP contribution >= 0.6 is 0 Å². The fraction of sp³-hybridized carbons (Fsp3) is 0.370. The van der Waals surface area contributed by atoms with Crippen molar-refractivity contribution >= 4 is 17.8 Å². The van der Waals surface area contributed by atoms with Crippen molar-refractivity contribution in [3.63, 3.8) is 0 Å². The molecule has 32 heavy (non-hydrogen) atoms. The van der Waals surface area contributed by atoms with Crippen molar-refractivity contribution in [3.8, 4) is 5.75 Å². The third-order valence-corrected chi connectivity index (χ3v) is 7.70. The normalized spacial score (nSPS) is 31.4. The molecule has 1 saturated heterocycles. The molecule has 2 saturated carbocycles. The minimum Gasteiger partial charge on any atom is -0.426 e. The lowest BCUT2D eigenvalue weighted by Gasteiger charge is -2.37. The van der Waals surface area contributed by atoms with Crippen LogP contribution in [0.5, 0.6) is 5.75 Å². The highest BCUT2D eigenvalue weighted by Gasteiger charge is 2.66. The highest BCUT2D eigenvalue weighted by atomic mass is 16.5. The van der Waals surface area contributed by atoms with E-state index in [1.165, 1.54) is 10.5 Å². The van der Waals surface area contributed by atoms with Crippen LogP contribution in [-0.4, -0.2) is 29.2 Å². The smallest absolute Gasteiger partial charge is 0.312 e. The van der Waals surface area contributed by atoms with E-state index in [-0.39, 0.29) is 48.5 Å². The van der Waals surface area contributed by atoms with Crippen LogP contribution in [0.1, 0.15) is 24.0 Å². The van der Waals surface area contributed by atoms with Crippen LogP contribution in [0.25, 0.3) is 0 Å². The third kappa shape index (κ3) is 3.19. The maximum Gasteiger partial charge on any atom is 0.312 e. The number of rotatable bonds is 6. The summed E-state index contributed by atoms with van der Waals surface area (Å²) < 4.78 is 5.45. The Hall–Kier alpha value is -3.21. The van der Waals surface area contributed by atoms with Gasteiger partial charge in [-0.2, -0.15) is 0 Å². The summed E-state index contributed by atoms with van der Waals surface area (Å²) in [5.74, 6) is 1.00. The molecule has 0 spiro atoms. The summed E-state index contributed by atoms with van der Waals surface area (Å²) in [5, 5.41) is 0. The number of likely N-dealkylation sites (tertiary alicyclic amines) is 1. The van der Waals surface area contributed by atoms with Gasteiger partial charge in [-0.15, -0.1) is 0 Å². The number of esters is 1. The van der Waals surface area contributed by atoms with Gasteiger partial charge in [0.25, 0.3) is 0 Å². The molecule has 2 bridgehead atoms. The van der Waals surface area contributed by atoms with Crippen molar-refractivity contribution in [2.75, 3.05) is 6.54 Å². The van der Waals surface area contributed by atoms with Gasteiger partial charge >= 0.3 is 5.97 Å². The van der Waals surface area contributed by atoms with Crippen molar-refractivity contribution in [3.05, 3.63) is 77.9 Å². The molecule has 2 aromatic carbocycles. The predicted octanol–water partition coefficient (Wildman–Crippen LogP) is 3.63. The zero-order chi connectivity index (χ0) is 21.8. The summed E-state index contributed by atoms with van der Waals surface area (Å²) >= 11 is 0. The number of hydrogen-bond donors (Lipinski definition) is 0. The first-order chi connectivity index (χ1) is 15.6. The van der Waals surface area contributed by atoms with Gasteiger partial charge in [-0.05, 0) is 59.8 Å². The van der Waals surface area contributed by atoms with Gasteiger partial charge in [-0.3, -0.25) is 19.3 Å². The van der Waals surface area contributed by atoms with Crippen molar-refractivity contribution in [1.82, 2.24) is 4.90 Å². The minimum atomic E-state index is -0.430. The molecule has 1 heterocycles. The highest BCUT2D eigenvalue weighted by Crippen LogP contribution is 2.65. The van der Waals surface area contributed by atoms with E-state index in [0.29, 0.717) is 17.6 Å². The van der Waals surface area contributed by atoms with E-state index in [9.17, 15) is 14.4 Å². The quantitative estimate of drug-likeness (QED) is 0.306. The van der Waals surface area contributed by atoms with Crippen molar-refractivity contribution in [1.29, 1.82) is 0 Å². The Bertz CT molecular complexity index is 1070. The van der Waals surface area contributed by atoms with Crippen LogP contribution in [0.2, 0.25) is 0 Å². The summed E-state index contributed by atoms with van der Waals surface area (Å²) in [4.78, 5) is 39.7. The van der Waals surface area contributed by atoms with Crippen molar-refractivity contribution in [2.45, 2.75) is 19.3 Å². The Balaban J connectivity index is 1.05. The third-order valence-electron chi connectivity index (χ3n) is 7.70. The second kappa shape index (κ2) is 7.44. The van der Waals surface area contributed by atoms with E-state index in [1.807, 2.05) is 30.3 Å². The fourth-order valence-corrected chi connectivity index (χ4v) is 6.13. The van der Waals surface area contributed by atoms with Gasteiger partial charge in [-0.25, -0.2) is 0 Å². The zero-order valence-corrected chi connectivity index (χ0v) is 17.7. The number of nitrogens with zero attached hydrogens (tertiary/aromatic N) is 1. The molecular formula is C27H25NO4. The molecule has 4 aliphatic carbocycles. The predicted molar refractivity (Wildman–Crippen MR) is 117 cm³/mol. The Labute approximate surface area is 187 Å². The summed E-state index contributed by atoms with van der Waals surface area (Å²) in [6, 6.07) is 17.6. The molecule has 5 aliphatic rings. The molecule has 0 radical (unpaired) electrons. The second-order valence-corrected chi connectivity index (χ2v) is 9.51. The van der Waals surface area contributed by atoms with Crippen LogP contribution in [0.4, 0.5) is 0 Å². The molecule has 0 N–H and O–H groups in total. The summed E-state index contributed by atoms with van der Waals surface area (Å²) in [6.45, 7) is 0.102. The van der Waals surface area contributed by atoms with Gasteiger partial charge in [0.1, 0.15) is 5.75 Å². The number of carbonyl (C=O) groups excluding carboxylic acids is 3. The Kier molecular flexibility index (Phi) is 4.53. The lowest BCUT2D eigenvalue weighted by molar-refractivity contribution is -0.141. The van der Waals surface area contributed by atoms with Crippen LogP contribution in [-0.2, 0) is 20.8 Å². The number of hydrogen-bond acceptors (Lipinski definition) is 4. The molecule has 0 aromatic heterocycles. The second-order valence-electron chi connectivity index (χ2n) is 9.51. The van der Waals surface area contributed by atoms with E-state index < -0.39 is 5.97 Å². The molecule has 6 atom stereocenters. The molecule has 6 unspecified atom stereocenters. The largest absolute Gasteiger partial charge is 0.426 e. The molecule has 3 fully saturated rings. The van der Waals surface area contributed by atoms with Crippen LogP contribution < -0.4 is 4.74 Å². The van der Waals surface area contributed by atoms with E-state index in [4.69, 9.17) is 4.74 Å². The topological polar surface area (TPSA) is 63.7 Å². The van der Waals surface area contributed by atoms with E-state index in [0.717, 1.165) is 18.4 Å². The van der Waals surface area contributed by atoms with E-state index in [1.54, 1.807) is 12.1 Å².